The maximum atomic E-state index is 6.66. The summed E-state index contributed by atoms with van der Waals surface area (Å²) >= 11 is 0. The number of hydrogen-bond donors (Lipinski definition) is 0. The number of ether oxygens (including phenoxy) is 1. The van der Waals surface area contributed by atoms with Gasteiger partial charge in [0.2, 0.25) is 0 Å². The normalized spacial score (nSPS) is 13.8. The Hall–Kier alpha value is -7.62. The van der Waals surface area contributed by atoms with Crippen LogP contribution in [-0.4, -0.2) is 4.57 Å². The summed E-state index contributed by atoms with van der Waals surface area (Å²) in [6, 6.07) is 75.3. The lowest BCUT2D eigenvalue weighted by Crippen LogP contribution is -2.26. The lowest BCUT2D eigenvalue weighted by atomic mass is 9.70. The van der Waals surface area contributed by atoms with E-state index in [2.05, 4.69) is 210 Å². The standard InChI is InChI=1S/C55H34N2O/c1-3-15-37(16-4-1)56-49-25-13-14-26-51(49)58-52-34-36(28-32-50(52)56)35-27-31-48-44(33-35)43-30-29-42-41-21-9-12-24-47(41)55(53(42)54(43)57(48)38-17-5-2-6-18-38)45-22-10-7-19-39(45)40-20-8-11-23-46(40)55/h1-34H. The van der Waals surface area contributed by atoms with E-state index in [0.717, 1.165) is 45.4 Å². The maximum Gasteiger partial charge on any atom is 0.152 e. The number of rotatable bonds is 3. The van der Waals surface area contributed by atoms with Crippen LogP contribution < -0.4 is 9.64 Å². The van der Waals surface area contributed by atoms with E-state index in [1.165, 1.54) is 66.3 Å². The van der Waals surface area contributed by atoms with Gasteiger partial charge < -0.3 is 14.2 Å². The summed E-state index contributed by atoms with van der Waals surface area (Å²) in [5.74, 6) is 1.68. The average Bonchev–Trinajstić information content (AvgIpc) is 3.90. The van der Waals surface area contributed by atoms with Gasteiger partial charge in [-0.2, -0.15) is 0 Å². The summed E-state index contributed by atoms with van der Waals surface area (Å²) < 4.78 is 9.18. The van der Waals surface area contributed by atoms with Crippen molar-refractivity contribution in [1.29, 1.82) is 0 Å². The van der Waals surface area contributed by atoms with Gasteiger partial charge in [-0.15, -0.1) is 0 Å². The lowest BCUT2D eigenvalue weighted by molar-refractivity contribution is 0.477. The highest BCUT2D eigenvalue weighted by molar-refractivity contribution is 6.15. The summed E-state index contributed by atoms with van der Waals surface area (Å²) in [5, 5.41) is 2.46. The fourth-order valence-electron chi connectivity index (χ4n) is 10.5. The number of hydrogen-bond acceptors (Lipinski definition) is 2. The lowest BCUT2D eigenvalue weighted by Gasteiger charge is -2.33. The molecule has 58 heavy (non-hydrogen) atoms. The second-order valence-corrected chi connectivity index (χ2v) is 15.6. The SMILES string of the molecule is c1ccc(N2c3ccccc3Oc3cc(-c4ccc5c(c4)c4ccc6c(c4n5-c4ccccc4)C4(c5ccccc5-c5ccccc54)c4ccccc4-6)ccc32)cc1. The van der Waals surface area contributed by atoms with Crippen LogP contribution in [0.25, 0.3) is 60.9 Å². The maximum absolute atomic E-state index is 6.66. The number of benzene rings is 9. The Kier molecular flexibility index (Phi) is 6.37. The van der Waals surface area contributed by atoms with Crippen LogP contribution in [0.5, 0.6) is 11.5 Å². The monoisotopic (exact) mass is 738 g/mol. The molecule has 270 valence electrons. The second-order valence-electron chi connectivity index (χ2n) is 15.6. The molecule has 0 bridgehead atoms. The molecule has 3 nitrogen and oxygen atoms in total. The molecular formula is C55H34N2O. The molecule has 2 aliphatic carbocycles. The Labute approximate surface area is 336 Å². The molecule has 13 rings (SSSR count). The molecule has 1 aromatic heterocycles. The van der Waals surface area contributed by atoms with Gasteiger partial charge in [-0.3, -0.25) is 0 Å². The summed E-state index contributed by atoms with van der Waals surface area (Å²) in [7, 11) is 0. The third kappa shape index (κ3) is 4.07. The highest BCUT2D eigenvalue weighted by Gasteiger charge is 2.53. The molecule has 2 heterocycles. The van der Waals surface area contributed by atoms with Gasteiger partial charge in [0, 0.05) is 27.7 Å². The number of aromatic nitrogens is 1. The van der Waals surface area contributed by atoms with E-state index in [1.807, 2.05) is 6.07 Å². The smallest absolute Gasteiger partial charge is 0.152 e. The summed E-state index contributed by atoms with van der Waals surface area (Å²) in [5.41, 5.74) is 19.1. The molecule has 1 aliphatic heterocycles. The number of nitrogens with zero attached hydrogens (tertiary/aromatic N) is 2. The molecule has 0 radical (unpaired) electrons. The molecular weight excluding hydrogens is 705 g/mol. The second kappa shape index (κ2) is 11.7. The topological polar surface area (TPSA) is 17.4 Å². The van der Waals surface area contributed by atoms with Crippen molar-refractivity contribution in [3.63, 3.8) is 0 Å². The zero-order chi connectivity index (χ0) is 38.0. The molecule has 0 N–H and O–H groups in total. The van der Waals surface area contributed by atoms with E-state index in [4.69, 9.17) is 4.74 Å². The quantitative estimate of drug-likeness (QED) is 0.180. The van der Waals surface area contributed by atoms with Crippen LogP contribution in [0.1, 0.15) is 22.3 Å². The first-order valence-electron chi connectivity index (χ1n) is 20.0. The minimum absolute atomic E-state index is 0.473. The summed E-state index contributed by atoms with van der Waals surface area (Å²) in [6.07, 6.45) is 0. The fourth-order valence-corrected chi connectivity index (χ4v) is 10.5. The van der Waals surface area contributed by atoms with Crippen LogP contribution in [0.15, 0.2) is 206 Å². The highest BCUT2D eigenvalue weighted by Crippen LogP contribution is 2.64. The van der Waals surface area contributed by atoms with Gasteiger partial charge in [-0.25, -0.2) is 0 Å². The van der Waals surface area contributed by atoms with Gasteiger partial charge >= 0.3 is 0 Å². The summed E-state index contributed by atoms with van der Waals surface area (Å²) in [4.78, 5) is 2.29. The van der Waals surface area contributed by atoms with Crippen LogP contribution in [0.2, 0.25) is 0 Å². The number of anilines is 3. The number of fused-ring (bicyclic) bond motifs is 16. The predicted molar refractivity (Wildman–Crippen MR) is 237 cm³/mol. The molecule has 10 aromatic rings. The van der Waals surface area contributed by atoms with E-state index in [9.17, 15) is 0 Å². The van der Waals surface area contributed by atoms with E-state index < -0.39 is 5.41 Å². The highest BCUT2D eigenvalue weighted by atomic mass is 16.5. The van der Waals surface area contributed by atoms with Gasteiger partial charge in [0.05, 0.1) is 27.8 Å². The zero-order valence-electron chi connectivity index (χ0n) is 31.4. The van der Waals surface area contributed by atoms with E-state index in [-0.39, 0.29) is 0 Å². The van der Waals surface area contributed by atoms with Crippen LogP contribution >= 0.6 is 0 Å². The fraction of sp³-hybridized carbons (Fsp3) is 0.0182. The molecule has 3 aliphatic rings. The Morgan fingerprint density at radius 2 is 0.931 bits per heavy atom. The van der Waals surface area contributed by atoms with Crippen molar-refractivity contribution in [1.82, 2.24) is 4.57 Å². The zero-order valence-corrected chi connectivity index (χ0v) is 31.4. The predicted octanol–water partition coefficient (Wildman–Crippen LogP) is 14.4. The van der Waals surface area contributed by atoms with Gasteiger partial charge in [0.15, 0.2) is 11.5 Å². The van der Waals surface area contributed by atoms with Gasteiger partial charge in [0.1, 0.15) is 0 Å². The molecule has 9 aromatic carbocycles. The van der Waals surface area contributed by atoms with Crippen molar-refractivity contribution in [3.8, 4) is 50.6 Å². The summed E-state index contributed by atoms with van der Waals surface area (Å²) in [6.45, 7) is 0. The van der Waals surface area contributed by atoms with Gasteiger partial charge in [-0.1, -0.05) is 146 Å². The van der Waals surface area contributed by atoms with Gasteiger partial charge in [0.25, 0.3) is 0 Å². The van der Waals surface area contributed by atoms with Crippen LogP contribution in [-0.2, 0) is 5.41 Å². The first-order valence-corrected chi connectivity index (χ1v) is 20.0. The van der Waals surface area contributed by atoms with Crippen LogP contribution in [0, 0.1) is 0 Å². The molecule has 1 spiro atoms. The largest absolute Gasteiger partial charge is 0.453 e. The van der Waals surface area contributed by atoms with Crippen LogP contribution in [0.3, 0.4) is 0 Å². The molecule has 0 amide bonds. The van der Waals surface area contributed by atoms with Crippen molar-refractivity contribution in [3.05, 3.63) is 229 Å². The van der Waals surface area contributed by atoms with Crippen LogP contribution in [0.4, 0.5) is 17.1 Å². The van der Waals surface area contributed by atoms with Crippen molar-refractivity contribution in [2.45, 2.75) is 5.41 Å². The Balaban J connectivity index is 1.08. The Morgan fingerprint density at radius 3 is 1.64 bits per heavy atom. The third-order valence-corrected chi connectivity index (χ3v) is 12.8. The molecule has 0 atom stereocenters. The van der Waals surface area contributed by atoms with Crippen molar-refractivity contribution in [2.75, 3.05) is 4.90 Å². The minimum Gasteiger partial charge on any atom is -0.453 e. The average molecular weight is 739 g/mol. The third-order valence-electron chi connectivity index (χ3n) is 12.8. The van der Waals surface area contributed by atoms with Crippen molar-refractivity contribution >= 4 is 38.9 Å². The minimum atomic E-state index is -0.473. The molecule has 3 heteroatoms. The van der Waals surface area contributed by atoms with E-state index in [0.29, 0.717) is 0 Å². The van der Waals surface area contributed by atoms with Gasteiger partial charge in [-0.05, 0) is 111 Å². The van der Waals surface area contributed by atoms with Crippen molar-refractivity contribution in [2.24, 2.45) is 0 Å². The van der Waals surface area contributed by atoms with E-state index in [1.54, 1.807) is 0 Å². The number of para-hydroxylation sites is 4. The first kappa shape index (κ1) is 31.6. The van der Waals surface area contributed by atoms with Crippen molar-refractivity contribution < 1.29 is 4.74 Å². The Bertz CT molecular complexity index is 3260. The molecule has 0 saturated carbocycles. The Morgan fingerprint density at radius 1 is 0.379 bits per heavy atom. The first-order chi connectivity index (χ1) is 28.8. The van der Waals surface area contributed by atoms with E-state index >= 15 is 0 Å². The molecule has 0 saturated heterocycles. The molecule has 0 fully saturated rings. The molecule has 0 unspecified atom stereocenters.